The summed E-state index contributed by atoms with van der Waals surface area (Å²) in [5.41, 5.74) is 17.7. The Balaban J connectivity index is 1.79. The maximum atomic E-state index is 5.87. The number of rotatable bonds is 7. The number of allylic oxidation sites excluding steroid dienone is 5. The van der Waals surface area contributed by atoms with Gasteiger partial charge < -0.3 is 21.4 Å². The summed E-state index contributed by atoms with van der Waals surface area (Å²) >= 11 is 0. The van der Waals surface area contributed by atoms with E-state index in [1.54, 1.807) is 18.5 Å². The standard InChI is InChI=1S/C22H26N6/c1-4-16(19-13-26-22(28-19)15(3)24)6-5-14(2)17-7-9-18(10-8-17)20-12-25-21(11-23)27-20/h4-10,12-13,15H,1,11,23-24H2,2-3H3,(H,25,27)(H,26,28)/b14-5+,16-6+/t15-/m0/s1. The first-order chi connectivity index (χ1) is 13.5. The quantitative estimate of drug-likeness (QED) is 0.469. The normalized spacial score (nSPS) is 13.6. The summed E-state index contributed by atoms with van der Waals surface area (Å²) in [4.78, 5) is 15.0. The van der Waals surface area contributed by atoms with Crippen LogP contribution in [0.4, 0.5) is 0 Å². The number of nitrogens with zero attached hydrogens (tertiary/aromatic N) is 2. The number of hydrogen-bond acceptors (Lipinski definition) is 4. The second-order valence-electron chi connectivity index (χ2n) is 6.67. The van der Waals surface area contributed by atoms with Gasteiger partial charge in [-0.3, -0.25) is 0 Å². The van der Waals surface area contributed by atoms with Crippen LogP contribution >= 0.6 is 0 Å². The molecule has 0 radical (unpaired) electrons. The summed E-state index contributed by atoms with van der Waals surface area (Å²) in [6, 6.07) is 8.20. The van der Waals surface area contributed by atoms with Gasteiger partial charge in [-0.1, -0.05) is 49.1 Å². The van der Waals surface area contributed by atoms with Gasteiger partial charge in [0.05, 0.1) is 36.4 Å². The van der Waals surface area contributed by atoms with E-state index >= 15 is 0 Å². The van der Waals surface area contributed by atoms with Crippen LogP contribution in [0, 0.1) is 0 Å². The average Bonchev–Trinajstić information content (AvgIpc) is 3.38. The SMILES string of the molecule is C=C/C(=C\C=C(/C)c1ccc(-c2cnc(CN)[nH]2)cc1)c1cnc([C@H](C)N)[nH]1. The highest BCUT2D eigenvalue weighted by Crippen LogP contribution is 2.22. The molecule has 6 heteroatoms. The number of H-pyrrole nitrogens is 2. The molecule has 2 aromatic heterocycles. The number of aromatic nitrogens is 4. The van der Waals surface area contributed by atoms with Crippen molar-refractivity contribution < 1.29 is 0 Å². The Morgan fingerprint density at radius 1 is 1.14 bits per heavy atom. The zero-order chi connectivity index (χ0) is 20.1. The number of nitrogens with two attached hydrogens (primary N) is 2. The second-order valence-corrected chi connectivity index (χ2v) is 6.67. The summed E-state index contributed by atoms with van der Waals surface area (Å²) in [6.45, 7) is 8.28. The number of hydrogen-bond donors (Lipinski definition) is 4. The Hall–Kier alpha value is -3.22. The van der Waals surface area contributed by atoms with E-state index in [1.165, 1.54) is 0 Å². The van der Waals surface area contributed by atoms with E-state index in [2.05, 4.69) is 63.8 Å². The van der Waals surface area contributed by atoms with Gasteiger partial charge in [-0.2, -0.15) is 0 Å². The highest BCUT2D eigenvalue weighted by molar-refractivity contribution is 5.76. The Kier molecular flexibility index (Phi) is 6.03. The summed E-state index contributed by atoms with van der Waals surface area (Å²) in [6.07, 6.45) is 9.49. The van der Waals surface area contributed by atoms with Crippen molar-refractivity contribution in [1.29, 1.82) is 0 Å². The molecule has 0 aliphatic heterocycles. The van der Waals surface area contributed by atoms with Gasteiger partial charge in [-0.15, -0.1) is 0 Å². The number of nitrogens with one attached hydrogen (secondary N) is 2. The van der Waals surface area contributed by atoms with E-state index in [9.17, 15) is 0 Å². The molecule has 0 bridgehead atoms. The van der Waals surface area contributed by atoms with Crippen molar-refractivity contribution in [3.05, 3.63) is 84.4 Å². The Labute approximate surface area is 165 Å². The molecule has 144 valence electrons. The highest BCUT2D eigenvalue weighted by atomic mass is 15.0. The Morgan fingerprint density at radius 2 is 1.89 bits per heavy atom. The third-order valence-electron chi connectivity index (χ3n) is 4.54. The third kappa shape index (κ3) is 4.36. The minimum Gasteiger partial charge on any atom is -0.341 e. The monoisotopic (exact) mass is 374 g/mol. The molecule has 1 atom stereocenters. The third-order valence-corrected chi connectivity index (χ3v) is 4.54. The van der Waals surface area contributed by atoms with Crippen LogP contribution in [0.3, 0.4) is 0 Å². The first-order valence-corrected chi connectivity index (χ1v) is 9.18. The van der Waals surface area contributed by atoms with Crippen molar-refractivity contribution in [1.82, 2.24) is 19.9 Å². The zero-order valence-electron chi connectivity index (χ0n) is 16.2. The number of aromatic amines is 2. The van der Waals surface area contributed by atoms with Crippen molar-refractivity contribution in [2.24, 2.45) is 11.5 Å². The molecule has 3 aromatic rings. The van der Waals surface area contributed by atoms with Crippen molar-refractivity contribution in [3.8, 4) is 11.3 Å². The van der Waals surface area contributed by atoms with Gasteiger partial charge in [0.25, 0.3) is 0 Å². The van der Waals surface area contributed by atoms with Crippen molar-refractivity contribution in [3.63, 3.8) is 0 Å². The van der Waals surface area contributed by atoms with E-state index in [0.717, 1.165) is 45.3 Å². The van der Waals surface area contributed by atoms with Crippen molar-refractivity contribution >= 4 is 11.1 Å². The summed E-state index contributed by atoms with van der Waals surface area (Å²) in [5.74, 6) is 1.54. The predicted octanol–water partition coefficient (Wildman–Crippen LogP) is 3.95. The van der Waals surface area contributed by atoms with E-state index in [1.807, 2.05) is 13.0 Å². The Morgan fingerprint density at radius 3 is 2.46 bits per heavy atom. The highest BCUT2D eigenvalue weighted by Gasteiger charge is 2.07. The minimum atomic E-state index is -0.133. The van der Waals surface area contributed by atoms with Crippen LogP contribution in [0.2, 0.25) is 0 Å². The van der Waals surface area contributed by atoms with Crippen LogP contribution in [0.25, 0.3) is 22.4 Å². The summed E-state index contributed by atoms with van der Waals surface area (Å²) in [7, 11) is 0. The zero-order valence-corrected chi connectivity index (χ0v) is 16.2. The molecule has 0 amide bonds. The van der Waals surface area contributed by atoms with E-state index in [0.29, 0.717) is 6.54 Å². The van der Waals surface area contributed by atoms with Gasteiger partial charge in [0.15, 0.2) is 0 Å². The van der Waals surface area contributed by atoms with Gasteiger partial charge in [0.1, 0.15) is 11.6 Å². The smallest absolute Gasteiger partial charge is 0.123 e. The van der Waals surface area contributed by atoms with Crippen molar-refractivity contribution in [2.45, 2.75) is 26.4 Å². The van der Waals surface area contributed by atoms with Gasteiger partial charge in [0, 0.05) is 0 Å². The molecule has 0 aliphatic carbocycles. The molecule has 0 spiro atoms. The number of imidazole rings is 2. The van der Waals surface area contributed by atoms with E-state index in [4.69, 9.17) is 11.5 Å². The summed E-state index contributed by atoms with van der Waals surface area (Å²) < 4.78 is 0. The maximum absolute atomic E-state index is 5.87. The Bertz CT molecular complexity index is 1000. The average molecular weight is 374 g/mol. The van der Waals surface area contributed by atoms with Crippen LogP contribution in [0.5, 0.6) is 0 Å². The van der Waals surface area contributed by atoms with Gasteiger partial charge in [-0.25, -0.2) is 9.97 Å². The largest absolute Gasteiger partial charge is 0.341 e. The molecular formula is C22H26N6. The lowest BCUT2D eigenvalue weighted by Crippen LogP contribution is -2.06. The van der Waals surface area contributed by atoms with Gasteiger partial charge >= 0.3 is 0 Å². The molecule has 6 N–H and O–H groups in total. The van der Waals surface area contributed by atoms with Crippen molar-refractivity contribution in [2.75, 3.05) is 0 Å². The first kappa shape index (κ1) is 19.5. The lowest BCUT2D eigenvalue weighted by Gasteiger charge is -2.04. The maximum Gasteiger partial charge on any atom is 0.123 e. The molecule has 0 aliphatic rings. The fourth-order valence-electron chi connectivity index (χ4n) is 2.82. The molecule has 6 nitrogen and oxygen atoms in total. The topological polar surface area (TPSA) is 109 Å². The molecule has 3 rings (SSSR count). The molecule has 28 heavy (non-hydrogen) atoms. The molecular weight excluding hydrogens is 348 g/mol. The first-order valence-electron chi connectivity index (χ1n) is 9.18. The molecule has 1 aromatic carbocycles. The van der Waals surface area contributed by atoms with Gasteiger partial charge in [-0.05, 0) is 36.1 Å². The fourth-order valence-corrected chi connectivity index (χ4v) is 2.82. The minimum absolute atomic E-state index is 0.133. The van der Waals surface area contributed by atoms with Gasteiger partial charge in [0.2, 0.25) is 0 Å². The second kappa shape index (κ2) is 8.65. The molecule has 0 saturated heterocycles. The lowest BCUT2D eigenvalue weighted by atomic mass is 10.0. The number of benzene rings is 1. The summed E-state index contributed by atoms with van der Waals surface area (Å²) in [5, 5.41) is 0. The van der Waals surface area contributed by atoms with Crippen LogP contribution in [0.15, 0.2) is 61.5 Å². The van der Waals surface area contributed by atoms with E-state index in [-0.39, 0.29) is 6.04 Å². The van der Waals surface area contributed by atoms with Crippen LogP contribution in [-0.4, -0.2) is 19.9 Å². The van der Waals surface area contributed by atoms with Crippen LogP contribution in [-0.2, 0) is 6.54 Å². The molecule has 0 unspecified atom stereocenters. The molecule has 0 saturated carbocycles. The predicted molar refractivity (Wildman–Crippen MR) is 115 cm³/mol. The molecule has 0 fully saturated rings. The fraction of sp³-hybridized carbons (Fsp3) is 0.182. The van der Waals surface area contributed by atoms with E-state index < -0.39 is 0 Å². The van der Waals surface area contributed by atoms with Crippen LogP contribution in [0.1, 0.15) is 42.8 Å². The molecule has 2 heterocycles. The lowest BCUT2D eigenvalue weighted by molar-refractivity contribution is 0.755. The van der Waals surface area contributed by atoms with Crippen LogP contribution < -0.4 is 11.5 Å².